The molecule has 3 N–H and O–H groups in total. The van der Waals surface area contributed by atoms with Gasteiger partial charge in [-0.15, -0.1) is 10.2 Å². The normalized spacial score (nSPS) is 16.6. The van der Waals surface area contributed by atoms with Crippen molar-refractivity contribution in [3.63, 3.8) is 0 Å². The molecular formula is C26H32N6O3. The van der Waals surface area contributed by atoms with Gasteiger partial charge in [-0.2, -0.15) is 0 Å². The molecule has 0 spiro atoms. The van der Waals surface area contributed by atoms with Gasteiger partial charge in [0.15, 0.2) is 5.82 Å². The number of carbonyl (C=O) groups is 1. The Morgan fingerprint density at radius 1 is 0.971 bits per heavy atom. The van der Waals surface area contributed by atoms with Crippen molar-refractivity contribution in [2.75, 3.05) is 38.1 Å². The Balaban J connectivity index is 1.57. The van der Waals surface area contributed by atoms with Crippen molar-refractivity contribution < 1.29 is 15.0 Å². The van der Waals surface area contributed by atoms with Crippen molar-refractivity contribution in [2.24, 2.45) is 0 Å². The number of rotatable bonds is 6. The van der Waals surface area contributed by atoms with Crippen molar-refractivity contribution >= 4 is 11.6 Å². The van der Waals surface area contributed by atoms with Crippen LogP contribution in [-0.4, -0.2) is 75.1 Å². The van der Waals surface area contributed by atoms with Gasteiger partial charge in [0.05, 0.1) is 5.56 Å². The molecule has 2 aromatic carbocycles. The molecule has 2 aliphatic rings. The summed E-state index contributed by atoms with van der Waals surface area (Å²) in [5.74, 6) is 0.151. The number of amides is 1. The molecule has 0 unspecified atom stereocenters. The van der Waals surface area contributed by atoms with Crippen LogP contribution in [0.3, 0.4) is 0 Å². The number of anilines is 1. The van der Waals surface area contributed by atoms with Crippen LogP contribution in [0, 0.1) is 0 Å². The molecule has 35 heavy (non-hydrogen) atoms. The van der Waals surface area contributed by atoms with Gasteiger partial charge in [0.25, 0.3) is 5.91 Å². The summed E-state index contributed by atoms with van der Waals surface area (Å²) in [6.07, 6.45) is 1.92. The number of carbonyl (C=O) groups excluding carboxylic acids is 1. The highest BCUT2D eigenvalue weighted by Crippen LogP contribution is 2.38. The van der Waals surface area contributed by atoms with E-state index >= 15 is 0 Å². The van der Waals surface area contributed by atoms with Crippen LogP contribution < -0.4 is 10.2 Å². The molecule has 1 aromatic heterocycles. The van der Waals surface area contributed by atoms with Gasteiger partial charge in [0.2, 0.25) is 5.82 Å². The Bertz CT molecular complexity index is 1220. The molecule has 1 saturated heterocycles. The molecule has 184 valence electrons. The van der Waals surface area contributed by atoms with Gasteiger partial charge in [-0.1, -0.05) is 13.8 Å². The Morgan fingerprint density at radius 3 is 2.26 bits per heavy atom. The van der Waals surface area contributed by atoms with Crippen LogP contribution in [0.2, 0.25) is 0 Å². The minimum Gasteiger partial charge on any atom is -0.508 e. The van der Waals surface area contributed by atoms with E-state index in [1.807, 2.05) is 38.1 Å². The molecule has 3 aromatic rings. The lowest BCUT2D eigenvalue weighted by Crippen LogP contribution is -2.44. The third-order valence-electron chi connectivity index (χ3n) is 6.76. The largest absolute Gasteiger partial charge is 0.508 e. The Kier molecular flexibility index (Phi) is 6.10. The Labute approximate surface area is 205 Å². The summed E-state index contributed by atoms with van der Waals surface area (Å²) in [4.78, 5) is 17.7. The van der Waals surface area contributed by atoms with E-state index in [0.717, 1.165) is 50.4 Å². The summed E-state index contributed by atoms with van der Waals surface area (Å²) in [6, 6.07) is 11.2. The van der Waals surface area contributed by atoms with Crippen LogP contribution in [0.1, 0.15) is 48.8 Å². The number of hydrogen-bond acceptors (Lipinski definition) is 7. The maximum atomic E-state index is 13.0. The molecule has 1 aliphatic heterocycles. The topological polar surface area (TPSA) is 107 Å². The highest BCUT2D eigenvalue weighted by Gasteiger charge is 2.29. The average molecular weight is 477 g/mol. The lowest BCUT2D eigenvalue weighted by molar-refractivity contribution is 0.0938. The number of phenols is 2. The first-order valence-corrected chi connectivity index (χ1v) is 12.2. The number of nitrogens with zero attached hydrogens (tertiary/aromatic N) is 5. The molecule has 9 heteroatoms. The maximum absolute atomic E-state index is 13.0. The zero-order chi connectivity index (χ0) is 24.7. The summed E-state index contributed by atoms with van der Waals surface area (Å²) >= 11 is 0. The summed E-state index contributed by atoms with van der Waals surface area (Å²) in [6.45, 7) is 7.88. The number of likely N-dealkylation sites (N-methyl/N-ethyl adjacent to an activating group) is 1. The summed E-state index contributed by atoms with van der Waals surface area (Å²) in [5, 5.41) is 32.5. The van der Waals surface area contributed by atoms with E-state index in [1.165, 1.54) is 6.07 Å². The quantitative estimate of drug-likeness (QED) is 0.502. The van der Waals surface area contributed by atoms with Crippen molar-refractivity contribution in [3.05, 3.63) is 47.8 Å². The zero-order valence-corrected chi connectivity index (χ0v) is 20.4. The predicted octanol–water partition coefficient (Wildman–Crippen LogP) is 3.11. The van der Waals surface area contributed by atoms with Crippen LogP contribution in [0.4, 0.5) is 5.69 Å². The van der Waals surface area contributed by atoms with Crippen LogP contribution in [-0.2, 0) is 0 Å². The lowest BCUT2D eigenvalue weighted by atomic mass is 9.98. The molecule has 1 amide bonds. The Morgan fingerprint density at radius 2 is 1.63 bits per heavy atom. The molecule has 5 rings (SSSR count). The number of phenolic OH excluding ortho intramolecular Hbond substituents is 2. The molecule has 2 fully saturated rings. The number of nitrogens with one attached hydrogen (secondary N) is 1. The third-order valence-corrected chi connectivity index (χ3v) is 6.76. The maximum Gasteiger partial charge on any atom is 0.289 e. The third kappa shape index (κ3) is 4.68. The number of hydrogen-bond donors (Lipinski definition) is 3. The van der Waals surface area contributed by atoms with Crippen LogP contribution in [0.25, 0.3) is 17.1 Å². The fourth-order valence-corrected chi connectivity index (χ4v) is 4.44. The second-order valence-corrected chi connectivity index (χ2v) is 9.82. The number of aromatic nitrogens is 3. The van der Waals surface area contributed by atoms with Crippen LogP contribution in [0.5, 0.6) is 11.5 Å². The van der Waals surface area contributed by atoms with E-state index in [1.54, 1.807) is 10.6 Å². The van der Waals surface area contributed by atoms with Crippen molar-refractivity contribution in [1.82, 2.24) is 25.0 Å². The van der Waals surface area contributed by atoms with Gasteiger partial charge in [-0.3, -0.25) is 9.36 Å². The molecule has 2 heterocycles. The second-order valence-electron chi connectivity index (χ2n) is 9.82. The van der Waals surface area contributed by atoms with Gasteiger partial charge in [-0.05, 0) is 61.7 Å². The minimum absolute atomic E-state index is 0.0237. The number of benzene rings is 2. The van der Waals surface area contributed by atoms with Crippen molar-refractivity contribution in [3.8, 4) is 28.6 Å². The van der Waals surface area contributed by atoms with Crippen molar-refractivity contribution in [2.45, 2.75) is 38.6 Å². The van der Waals surface area contributed by atoms with Crippen LogP contribution >= 0.6 is 0 Å². The zero-order valence-electron chi connectivity index (χ0n) is 20.4. The molecule has 0 bridgehead atoms. The highest BCUT2D eigenvalue weighted by molar-refractivity contribution is 5.92. The molecule has 1 aliphatic carbocycles. The highest BCUT2D eigenvalue weighted by atomic mass is 16.3. The van der Waals surface area contributed by atoms with E-state index < -0.39 is 0 Å². The number of piperazine rings is 1. The first-order chi connectivity index (χ1) is 16.8. The van der Waals surface area contributed by atoms with E-state index in [-0.39, 0.29) is 35.2 Å². The van der Waals surface area contributed by atoms with Crippen molar-refractivity contribution in [1.29, 1.82) is 0 Å². The average Bonchev–Trinajstić information content (AvgIpc) is 3.54. The lowest BCUT2D eigenvalue weighted by Gasteiger charge is -2.34. The van der Waals surface area contributed by atoms with Gasteiger partial charge >= 0.3 is 0 Å². The van der Waals surface area contributed by atoms with Gasteiger partial charge < -0.3 is 25.3 Å². The van der Waals surface area contributed by atoms with Gasteiger partial charge in [0, 0.05) is 49.7 Å². The summed E-state index contributed by atoms with van der Waals surface area (Å²) in [5.41, 5.74) is 2.94. The van der Waals surface area contributed by atoms with E-state index in [2.05, 4.69) is 32.4 Å². The first-order valence-electron chi connectivity index (χ1n) is 12.2. The summed E-state index contributed by atoms with van der Waals surface area (Å²) in [7, 11) is 2.13. The molecule has 0 atom stereocenters. The van der Waals surface area contributed by atoms with E-state index in [0.29, 0.717) is 17.0 Å². The van der Waals surface area contributed by atoms with Gasteiger partial charge in [0.1, 0.15) is 11.5 Å². The SMILES string of the molecule is CC(C)c1cc(-c2nnc(C(=O)NC3CC3)n2-c2ccc(N3CCN(C)CC3)cc2)c(O)cc1O. The van der Waals surface area contributed by atoms with Gasteiger partial charge in [-0.25, -0.2) is 0 Å². The minimum atomic E-state index is -0.295. The standard InChI is InChI=1S/C26H32N6O3/c1-16(2)20-14-21(23(34)15-22(20)33)24-28-29-25(26(35)27-17-4-5-17)32(24)19-8-6-18(7-9-19)31-12-10-30(3)11-13-31/h6-9,14-17,33-34H,4-5,10-13H2,1-3H3,(H,27,35). The van der Waals surface area contributed by atoms with Crippen LogP contribution in [0.15, 0.2) is 36.4 Å². The molecular weight excluding hydrogens is 444 g/mol. The monoisotopic (exact) mass is 476 g/mol. The number of aromatic hydroxyl groups is 2. The first kappa shape index (κ1) is 23.2. The second kappa shape index (κ2) is 9.22. The molecule has 0 radical (unpaired) electrons. The predicted molar refractivity (Wildman–Crippen MR) is 134 cm³/mol. The smallest absolute Gasteiger partial charge is 0.289 e. The van der Waals surface area contributed by atoms with E-state index in [4.69, 9.17) is 0 Å². The summed E-state index contributed by atoms with van der Waals surface area (Å²) < 4.78 is 1.68. The molecule has 1 saturated carbocycles. The Hall–Kier alpha value is -3.59. The molecule has 9 nitrogen and oxygen atoms in total. The fraction of sp³-hybridized carbons (Fsp3) is 0.423. The fourth-order valence-electron chi connectivity index (χ4n) is 4.44. The van der Waals surface area contributed by atoms with E-state index in [9.17, 15) is 15.0 Å².